The zero-order valence-electron chi connectivity index (χ0n) is 10.1. The molecule has 2 aliphatic rings. The number of fused-ring (bicyclic) bond motifs is 2. The average molecular weight is 250 g/mol. The minimum absolute atomic E-state index is 0.107. The highest BCUT2D eigenvalue weighted by molar-refractivity contribution is 7.13. The van der Waals surface area contributed by atoms with Crippen molar-refractivity contribution < 1.29 is 4.79 Å². The third-order valence-electron chi connectivity index (χ3n) is 3.77. The predicted molar refractivity (Wildman–Crippen MR) is 69.5 cm³/mol. The molecule has 1 aromatic rings. The third kappa shape index (κ3) is 2.38. The van der Waals surface area contributed by atoms with Gasteiger partial charge in [0.2, 0.25) is 0 Å². The third-order valence-corrected chi connectivity index (χ3v) is 4.77. The number of thiophene rings is 1. The Balaban J connectivity index is 1.62. The quantitative estimate of drug-likeness (QED) is 0.869. The summed E-state index contributed by atoms with van der Waals surface area (Å²) in [5, 5.41) is 3.18. The van der Waals surface area contributed by atoms with E-state index in [0.717, 1.165) is 23.8 Å². The van der Waals surface area contributed by atoms with E-state index in [1.807, 2.05) is 19.1 Å². The van der Waals surface area contributed by atoms with Gasteiger partial charge in [-0.25, -0.2) is 0 Å². The van der Waals surface area contributed by atoms with E-state index in [-0.39, 0.29) is 5.91 Å². The summed E-state index contributed by atoms with van der Waals surface area (Å²) in [6.45, 7) is 5.53. The van der Waals surface area contributed by atoms with E-state index in [4.69, 9.17) is 0 Å². The molecule has 3 nitrogen and oxygen atoms in total. The van der Waals surface area contributed by atoms with Gasteiger partial charge in [0, 0.05) is 24.0 Å². The number of hydrogen-bond donors (Lipinski definition) is 1. The lowest BCUT2D eigenvalue weighted by Gasteiger charge is -2.30. The molecule has 2 aliphatic heterocycles. The molecule has 0 spiro atoms. The van der Waals surface area contributed by atoms with Gasteiger partial charge in [-0.05, 0) is 44.4 Å². The Morgan fingerprint density at radius 1 is 1.47 bits per heavy atom. The molecule has 3 atom stereocenters. The second-order valence-electron chi connectivity index (χ2n) is 5.23. The number of nitrogens with zero attached hydrogens (tertiary/aromatic N) is 1. The number of carbonyl (C=O) groups excluding carboxylic acids is 1. The number of piperidine rings is 1. The second kappa shape index (κ2) is 4.42. The summed E-state index contributed by atoms with van der Waals surface area (Å²) < 4.78 is 0. The van der Waals surface area contributed by atoms with Gasteiger partial charge >= 0.3 is 0 Å². The molecule has 17 heavy (non-hydrogen) atoms. The molecular formula is C13H18N2OS. The van der Waals surface area contributed by atoms with Crippen molar-refractivity contribution in [1.82, 2.24) is 10.2 Å². The van der Waals surface area contributed by atoms with Crippen LogP contribution in [0.1, 0.15) is 27.4 Å². The Labute approximate surface area is 106 Å². The summed E-state index contributed by atoms with van der Waals surface area (Å²) >= 11 is 1.58. The van der Waals surface area contributed by atoms with Crippen molar-refractivity contribution in [3.8, 4) is 0 Å². The van der Waals surface area contributed by atoms with Crippen LogP contribution in [-0.2, 0) is 0 Å². The molecule has 0 aromatic carbocycles. The minimum Gasteiger partial charge on any atom is -0.347 e. The zero-order chi connectivity index (χ0) is 11.8. The fourth-order valence-corrected chi connectivity index (χ4v) is 3.75. The van der Waals surface area contributed by atoms with Crippen LogP contribution in [0.25, 0.3) is 0 Å². The van der Waals surface area contributed by atoms with Crippen molar-refractivity contribution in [2.45, 2.75) is 25.8 Å². The summed E-state index contributed by atoms with van der Waals surface area (Å²) in [7, 11) is 0. The summed E-state index contributed by atoms with van der Waals surface area (Å²) in [4.78, 5) is 16.6. The van der Waals surface area contributed by atoms with Gasteiger partial charge in [-0.3, -0.25) is 4.79 Å². The molecule has 0 aliphatic carbocycles. The van der Waals surface area contributed by atoms with Gasteiger partial charge in [-0.2, -0.15) is 0 Å². The van der Waals surface area contributed by atoms with Crippen molar-refractivity contribution in [3.05, 3.63) is 21.9 Å². The van der Waals surface area contributed by atoms with Crippen LogP contribution in [0.15, 0.2) is 12.1 Å². The first-order chi connectivity index (χ1) is 8.20. The lowest BCUT2D eigenvalue weighted by atomic mass is 9.97. The van der Waals surface area contributed by atoms with Crippen LogP contribution in [0.3, 0.4) is 0 Å². The van der Waals surface area contributed by atoms with Crippen molar-refractivity contribution in [1.29, 1.82) is 0 Å². The normalized spacial score (nSPS) is 31.5. The number of amides is 1. The van der Waals surface area contributed by atoms with Crippen LogP contribution in [0, 0.1) is 12.8 Å². The maximum atomic E-state index is 12.0. The second-order valence-corrected chi connectivity index (χ2v) is 6.52. The minimum atomic E-state index is 0.107. The highest BCUT2D eigenvalue weighted by atomic mass is 32.1. The van der Waals surface area contributed by atoms with Crippen molar-refractivity contribution >= 4 is 17.2 Å². The molecule has 92 valence electrons. The molecule has 1 N–H and O–H groups in total. The van der Waals surface area contributed by atoms with E-state index in [9.17, 15) is 4.79 Å². The van der Waals surface area contributed by atoms with Crippen LogP contribution in [0.2, 0.25) is 0 Å². The molecular weight excluding hydrogens is 232 g/mol. The van der Waals surface area contributed by atoms with E-state index < -0.39 is 0 Å². The van der Waals surface area contributed by atoms with Gasteiger partial charge in [0.05, 0.1) is 4.88 Å². The molecule has 2 bridgehead atoms. The molecule has 2 saturated heterocycles. The predicted octanol–water partition coefficient (Wildman–Crippen LogP) is 1.88. The Kier molecular flexibility index (Phi) is 2.92. The van der Waals surface area contributed by atoms with E-state index in [0.29, 0.717) is 6.04 Å². The SMILES string of the molecule is Cc1ccc(C(=O)N[C@@H]2C[C@@H]3CCN(C3)C2)s1. The Morgan fingerprint density at radius 2 is 2.35 bits per heavy atom. The molecule has 0 saturated carbocycles. The molecule has 1 unspecified atom stereocenters. The van der Waals surface area contributed by atoms with Gasteiger partial charge in [-0.1, -0.05) is 0 Å². The van der Waals surface area contributed by atoms with Gasteiger partial charge in [0.15, 0.2) is 0 Å². The van der Waals surface area contributed by atoms with E-state index in [1.54, 1.807) is 11.3 Å². The van der Waals surface area contributed by atoms with Crippen LogP contribution in [0.5, 0.6) is 0 Å². The number of hydrogen-bond acceptors (Lipinski definition) is 3. The van der Waals surface area contributed by atoms with Gasteiger partial charge < -0.3 is 10.2 Å². The molecule has 1 aromatic heterocycles. The highest BCUT2D eigenvalue weighted by Crippen LogP contribution is 2.27. The first-order valence-electron chi connectivity index (χ1n) is 6.30. The van der Waals surface area contributed by atoms with Gasteiger partial charge in [-0.15, -0.1) is 11.3 Å². The molecule has 3 heterocycles. The first kappa shape index (κ1) is 11.2. The molecule has 2 fully saturated rings. The maximum Gasteiger partial charge on any atom is 0.261 e. The lowest BCUT2D eigenvalue weighted by molar-refractivity contribution is 0.0913. The molecule has 4 heteroatoms. The Bertz CT molecular complexity index is 417. The number of aryl methyl sites for hydroxylation is 1. The smallest absolute Gasteiger partial charge is 0.261 e. The maximum absolute atomic E-state index is 12.0. The summed E-state index contributed by atoms with van der Waals surface area (Å²) in [5.41, 5.74) is 0. The van der Waals surface area contributed by atoms with E-state index in [2.05, 4.69) is 10.2 Å². The van der Waals surface area contributed by atoms with Crippen molar-refractivity contribution in [3.63, 3.8) is 0 Å². The summed E-state index contributed by atoms with van der Waals surface area (Å²) in [5.74, 6) is 0.912. The number of rotatable bonds is 2. The number of nitrogens with one attached hydrogen (secondary N) is 1. The van der Waals surface area contributed by atoms with Crippen LogP contribution < -0.4 is 5.32 Å². The van der Waals surface area contributed by atoms with Crippen LogP contribution >= 0.6 is 11.3 Å². The first-order valence-corrected chi connectivity index (χ1v) is 7.12. The molecule has 3 rings (SSSR count). The molecule has 0 radical (unpaired) electrons. The highest BCUT2D eigenvalue weighted by Gasteiger charge is 2.33. The Hall–Kier alpha value is -0.870. The van der Waals surface area contributed by atoms with Gasteiger partial charge in [0.1, 0.15) is 0 Å². The van der Waals surface area contributed by atoms with Crippen molar-refractivity contribution in [2.24, 2.45) is 5.92 Å². The van der Waals surface area contributed by atoms with Gasteiger partial charge in [0.25, 0.3) is 5.91 Å². The van der Waals surface area contributed by atoms with Crippen LogP contribution in [0.4, 0.5) is 0 Å². The standard InChI is InChI=1S/C13H18N2OS/c1-9-2-3-12(17-9)13(16)14-11-6-10-4-5-15(7-10)8-11/h2-3,10-11H,4-8H2,1H3,(H,14,16)/t10-,11+/m0/s1. The fourth-order valence-electron chi connectivity index (χ4n) is 2.98. The Morgan fingerprint density at radius 3 is 3.06 bits per heavy atom. The topological polar surface area (TPSA) is 32.3 Å². The zero-order valence-corrected chi connectivity index (χ0v) is 10.9. The summed E-state index contributed by atoms with van der Waals surface area (Å²) in [6.07, 6.45) is 2.47. The van der Waals surface area contributed by atoms with E-state index in [1.165, 1.54) is 24.4 Å². The van der Waals surface area contributed by atoms with Crippen LogP contribution in [-0.4, -0.2) is 36.5 Å². The number of carbonyl (C=O) groups is 1. The average Bonchev–Trinajstić information content (AvgIpc) is 2.85. The van der Waals surface area contributed by atoms with Crippen molar-refractivity contribution in [2.75, 3.05) is 19.6 Å². The molecule has 1 amide bonds. The monoisotopic (exact) mass is 250 g/mol. The summed E-state index contributed by atoms with van der Waals surface area (Å²) in [6, 6.07) is 4.28. The fraction of sp³-hybridized carbons (Fsp3) is 0.615. The lowest BCUT2D eigenvalue weighted by Crippen LogP contribution is -2.46. The largest absolute Gasteiger partial charge is 0.347 e. The van der Waals surface area contributed by atoms with E-state index >= 15 is 0 Å².